The third kappa shape index (κ3) is 4.02. The molecule has 0 atom stereocenters. The van der Waals surface area contributed by atoms with Gasteiger partial charge in [-0.3, -0.25) is 4.79 Å². The summed E-state index contributed by atoms with van der Waals surface area (Å²) >= 11 is 0. The Kier molecular flexibility index (Phi) is 4.84. The Morgan fingerprint density at radius 1 is 1.37 bits per heavy atom. The van der Waals surface area contributed by atoms with Crippen molar-refractivity contribution < 1.29 is 14.3 Å². The van der Waals surface area contributed by atoms with E-state index in [4.69, 9.17) is 4.74 Å². The van der Waals surface area contributed by atoms with Crippen molar-refractivity contribution in [3.05, 3.63) is 30.5 Å². The summed E-state index contributed by atoms with van der Waals surface area (Å²) in [5.41, 5.74) is 1.15. The van der Waals surface area contributed by atoms with Crippen LogP contribution in [0.4, 0.5) is 0 Å². The number of hydrogen-bond donors (Lipinski definition) is 1. The topological polar surface area (TPSA) is 51.3 Å². The van der Waals surface area contributed by atoms with Crippen LogP contribution in [-0.2, 0) is 9.53 Å². The highest BCUT2D eigenvalue weighted by Crippen LogP contribution is 2.31. The van der Waals surface area contributed by atoms with E-state index in [0.717, 1.165) is 23.8 Å². The molecule has 102 valence electrons. The molecule has 1 aliphatic rings. The lowest BCUT2D eigenvalue weighted by Crippen LogP contribution is -1.98. The first kappa shape index (κ1) is 13.5. The van der Waals surface area contributed by atoms with Crippen LogP contribution in [0.5, 0.6) is 5.75 Å². The van der Waals surface area contributed by atoms with Gasteiger partial charge in [0.25, 0.3) is 6.47 Å². The number of fused-ring (bicyclic) bond motifs is 1. The smallest absolute Gasteiger partial charge is 0.293 e. The number of aromatic nitrogens is 1. The zero-order valence-electron chi connectivity index (χ0n) is 11.1. The number of hydrogen-bond acceptors (Lipinski definition) is 3. The molecule has 0 bridgehead atoms. The Labute approximate surface area is 112 Å². The van der Waals surface area contributed by atoms with Crippen LogP contribution in [0, 0.1) is 5.92 Å². The molecule has 0 spiro atoms. The largest absolute Gasteiger partial charge is 0.493 e. The van der Waals surface area contributed by atoms with Gasteiger partial charge in [0.2, 0.25) is 0 Å². The summed E-state index contributed by atoms with van der Waals surface area (Å²) in [6, 6.07) is 8.20. The van der Waals surface area contributed by atoms with Crippen LogP contribution < -0.4 is 4.74 Å². The van der Waals surface area contributed by atoms with Crippen molar-refractivity contribution in [2.24, 2.45) is 5.92 Å². The van der Waals surface area contributed by atoms with Gasteiger partial charge >= 0.3 is 0 Å². The lowest BCUT2D eigenvalue weighted by Gasteiger charge is -2.05. The van der Waals surface area contributed by atoms with Crippen LogP contribution in [0.2, 0.25) is 0 Å². The van der Waals surface area contributed by atoms with Crippen molar-refractivity contribution >= 4 is 17.4 Å². The van der Waals surface area contributed by atoms with E-state index in [0.29, 0.717) is 13.1 Å². The normalized spacial score (nSPS) is 13.5. The third-order valence-corrected chi connectivity index (χ3v) is 2.96. The van der Waals surface area contributed by atoms with Gasteiger partial charge in [0.1, 0.15) is 5.75 Å². The Morgan fingerprint density at radius 3 is 2.84 bits per heavy atom. The molecule has 0 unspecified atom stereocenters. The highest BCUT2D eigenvalue weighted by Gasteiger charge is 2.22. The third-order valence-electron chi connectivity index (χ3n) is 2.96. The van der Waals surface area contributed by atoms with Crippen molar-refractivity contribution in [2.75, 3.05) is 13.2 Å². The van der Waals surface area contributed by atoms with Crippen molar-refractivity contribution in [2.45, 2.75) is 19.8 Å². The molecule has 1 aromatic carbocycles. The van der Waals surface area contributed by atoms with Crippen molar-refractivity contribution in [1.82, 2.24) is 4.98 Å². The first-order valence-corrected chi connectivity index (χ1v) is 6.59. The minimum atomic E-state index is 0.431. The molecule has 0 saturated heterocycles. The van der Waals surface area contributed by atoms with Gasteiger partial charge in [0.05, 0.1) is 13.2 Å². The molecule has 1 heterocycles. The van der Waals surface area contributed by atoms with Gasteiger partial charge in [-0.25, -0.2) is 0 Å². The lowest BCUT2D eigenvalue weighted by molar-refractivity contribution is -0.128. The van der Waals surface area contributed by atoms with Gasteiger partial charge < -0.3 is 14.5 Å². The summed E-state index contributed by atoms with van der Waals surface area (Å²) in [6.07, 6.45) is 4.63. The highest BCUT2D eigenvalue weighted by atomic mass is 16.5. The predicted octanol–water partition coefficient (Wildman–Crippen LogP) is 3.14. The van der Waals surface area contributed by atoms with Gasteiger partial charge in [-0.1, -0.05) is 6.07 Å². The van der Waals surface area contributed by atoms with Crippen molar-refractivity contribution in [3.63, 3.8) is 0 Å². The molecule has 19 heavy (non-hydrogen) atoms. The van der Waals surface area contributed by atoms with Crippen LogP contribution in [-0.4, -0.2) is 24.7 Å². The Bertz CT molecular complexity index is 517. The number of carbonyl (C=O) groups is 1. The summed E-state index contributed by atoms with van der Waals surface area (Å²) in [5, 5.41) is 1.19. The first-order valence-electron chi connectivity index (χ1n) is 6.59. The Balaban J connectivity index is 0.000000232. The second-order valence-electron chi connectivity index (χ2n) is 4.50. The predicted molar refractivity (Wildman–Crippen MR) is 74.2 cm³/mol. The second-order valence-corrected chi connectivity index (χ2v) is 4.50. The SMILES string of the molecule is CCOC=O.c1cc(OCC2CC2)c2cc[nH]c2c1. The van der Waals surface area contributed by atoms with Crippen molar-refractivity contribution in [1.29, 1.82) is 0 Å². The number of benzene rings is 1. The fourth-order valence-electron chi connectivity index (χ4n) is 1.74. The summed E-state index contributed by atoms with van der Waals surface area (Å²) < 4.78 is 9.93. The van der Waals surface area contributed by atoms with E-state index in [9.17, 15) is 4.79 Å². The molecule has 1 fully saturated rings. The average molecular weight is 261 g/mol. The van der Waals surface area contributed by atoms with Gasteiger partial charge in [-0.2, -0.15) is 0 Å². The summed E-state index contributed by atoms with van der Waals surface area (Å²) in [4.78, 5) is 12.4. The molecular formula is C15H19NO3. The molecule has 1 N–H and O–H groups in total. The molecule has 4 heteroatoms. The van der Waals surface area contributed by atoms with E-state index in [1.165, 1.54) is 18.2 Å². The zero-order chi connectivity index (χ0) is 13.5. The number of ether oxygens (including phenoxy) is 2. The zero-order valence-corrected chi connectivity index (χ0v) is 11.1. The Hall–Kier alpha value is -1.97. The molecule has 1 saturated carbocycles. The quantitative estimate of drug-likeness (QED) is 0.841. The number of H-pyrrole nitrogens is 1. The van der Waals surface area contributed by atoms with Crippen LogP contribution in [0.15, 0.2) is 30.5 Å². The van der Waals surface area contributed by atoms with Crippen LogP contribution in [0.1, 0.15) is 19.8 Å². The van der Waals surface area contributed by atoms with Crippen LogP contribution in [0.3, 0.4) is 0 Å². The standard InChI is InChI=1S/C12H13NO.C3H6O2/c1-2-11-10(6-7-13-11)12(3-1)14-8-9-4-5-9;1-2-5-3-4/h1-3,6-7,9,13H,4-5,8H2;3H,2H2,1H3. The van der Waals surface area contributed by atoms with Gasteiger partial charge in [0, 0.05) is 17.1 Å². The first-order chi connectivity index (χ1) is 9.35. The summed E-state index contributed by atoms with van der Waals surface area (Å²) in [6.45, 7) is 3.54. The van der Waals surface area contributed by atoms with Gasteiger partial charge in [0.15, 0.2) is 0 Å². The molecule has 2 aromatic rings. The maximum absolute atomic E-state index is 9.18. The van der Waals surface area contributed by atoms with Gasteiger partial charge in [-0.05, 0) is 43.9 Å². The second kappa shape index (κ2) is 6.83. The maximum atomic E-state index is 9.18. The van der Waals surface area contributed by atoms with E-state index in [1.807, 2.05) is 18.3 Å². The molecule has 1 aromatic heterocycles. The minimum Gasteiger partial charge on any atom is -0.493 e. The summed E-state index contributed by atoms with van der Waals surface area (Å²) in [7, 11) is 0. The van der Waals surface area contributed by atoms with E-state index >= 15 is 0 Å². The molecule has 0 amide bonds. The number of aromatic amines is 1. The van der Waals surface area contributed by atoms with E-state index < -0.39 is 0 Å². The fraction of sp³-hybridized carbons (Fsp3) is 0.400. The van der Waals surface area contributed by atoms with E-state index in [-0.39, 0.29) is 0 Å². The minimum absolute atomic E-state index is 0.431. The van der Waals surface area contributed by atoms with E-state index in [2.05, 4.69) is 21.9 Å². The molecule has 1 aliphatic carbocycles. The van der Waals surface area contributed by atoms with E-state index in [1.54, 1.807) is 6.92 Å². The van der Waals surface area contributed by atoms with Crippen LogP contribution in [0.25, 0.3) is 10.9 Å². The Morgan fingerprint density at radius 2 is 2.21 bits per heavy atom. The number of rotatable bonds is 5. The molecule has 0 radical (unpaired) electrons. The number of carbonyl (C=O) groups excluding carboxylic acids is 1. The van der Waals surface area contributed by atoms with Crippen molar-refractivity contribution in [3.8, 4) is 5.75 Å². The highest BCUT2D eigenvalue weighted by molar-refractivity contribution is 5.85. The molecular weight excluding hydrogens is 242 g/mol. The molecule has 4 nitrogen and oxygen atoms in total. The maximum Gasteiger partial charge on any atom is 0.293 e. The lowest BCUT2D eigenvalue weighted by atomic mass is 10.2. The fourth-order valence-corrected chi connectivity index (χ4v) is 1.74. The molecule has 0 aliphatic heterocycles. The number of nitrogens with one attached hydrogen (secondary N) is 1. The van der Waals surface area contributed by atoms with Crippen LogP contribution >= 0.6 is 0 Å². The monoisotopic (exact) mass is 261 g/mol. The molecule has 3 rings (SSSR count). The van der Waals surface area contributed by atoms with Gasteiger partial charge in [-0.15, -0.1) is 0 Å². The average Bonchev–Trinajstić information content (AvgIpc) is 3.13. The summed E-state index contributed by atoms with van der Waals surface area (Å²) in [5.74, 6) is 1.82.